The molecule has 0 bridgehead atoms. The molecule has 22 heavy (non-hydrogen) atoms. The van der Waals surface area contributed by atoms with Gasteiger partial charge in [0.2, 0.25) is 0 Å². The molecule has 0 radical (unpaired) electrons. The Morgan fingerprint density at radius 2 is 2.00 bits per heavy atom. The van der Waals surface area contributed by atoms with Gasteiger partial charge >= 0.3 is 0 Å². The Balaban J connectivity index is 1.92. The molecule has 1 amide bonds. The van der Waals surface area contributed by atoms with Gasteiger partial charge in [-0.25, -0.2) is 8.78 Å². The van der Waals surface area contributed by atoms with Crippen molar-refractivity contribution in [3.05, 3.63) is 64.7 Å². The molecular formula is C16H16ClF2N2O+. The van der Waals surface area contributed by atoms with Crippen molar-refractivity contribution in [2.24, 2.45) is 0 Å². The van der Waals surface area contributed by atoms with Crippen LogP contribution < -0.4 is 10.6 Å². The van der Waals surface area contributed by atoms with Crippen molar-refractivity contribution in [2.45, 2.75) is 13.0 Å². The highest BCUT2D eigenvalue weighted by molar-refractivity contribution is 6.33. The van der Waals surface area contributed by atoms with Crippen molar-refractivity contribution in [3.8, 4) is 0 Å². The minimum absolute atomic E-state index is 0.100. The van der Waals surface area contributed by atoms with Crippen molar-refractivity contribution >= 4 is 23.2 Å². The summed E-state index contributed by atoms with van der Waals surface area (Å²) in [6.07, 6.45) is 0. The van der Waals surface area contributed by atoms with Crippen LogP contribution in [0, 0.1) is 11.6 Å². The fourth-order valence-electron chi connectivity index (χ4n) is 2.05. The van der Waals surface area contributed by atoms with Crippen LogP contribution in [0.2, 0.25) is 5.02 Å². The van der Waals surface area contributed by atoms with Crippen LogP contribution in [-0.2, 0) is 4.79 Å². The van der Waals surface area contributed by atoms with Gasteiger partial charge in [0.1, 0.15) is 17.7 Å². The lowest BCUT2D eigenvalue weighted by molar-refractivity contribution is -0.682. The number of benzene rings is 2. The molecule has 6 heteroatoms. The lowest BCUT2D eigenvalue weighted by Gasteiger charge is -2.12. The van der Waals surface area contributed by atoms with Crippen LogP contribution in [0.4, 0.5) is 14.5 Å². The first-order valence-electron chi connectivity index (χ1n) is 6.80. The molecule has 2 aromatic rings. The van der Waals surface area contributed by atoms with Crippen LogP contribution in [0.5, 0.6) is 0 Å². The molecule has 0 spiro atoms. The molecule has 3 nitrogen and oxygen atoms in total. The lowest BCUT2D eigenvalue weighted by atomic mass is 10.1. The van der Waals surface area contributed by atoms with Gasteiger partial charge in [-0.2, -0.15) is 0 Å². The van der Waals surface area contributed by atoms with E-state index in [2.05, 4.69) is 5.32 Å². The fraction of sp³-hybridized carbons (Fsp3) is 0.188. The zero-order valence-electron chi connectivity index (χ0n) is 11.9. The molecule has 0 aliphatic rings. The summed E-state index contributed by atoms with van der Waals surface area (Å²) in [6, 6.07) is 10.0. The molecule has 2 aromatic carbocycles. The topological polar surface area (TPSA) is 45.7 Å². The maximum absolute atomic E-state index is 13.6. The van der Waals surface area contributed by atoms with E-state index < -0.39 is 11.6 Å². The third-order valence-corrected chi connectivity index (χ3v) is 3.59. The zero-order valence-corrected chi connectivity index (χ0v) is 12.7. The first kappa shape index (κ1) is 16.4. The van der Waals surface area contributed by atoms with Crippen LogP contribution in [0.25, 0.3) is 0 Å². The van der Waals surface area contributed by atoms with E-state index >= 15 is 0 Å². The SMILES string of the molecule is C[C@H]([NH2+]CC(=O)Nc1ccccc1Cl)c1ccc(F)cc1F. The third-order valence-electron chi connectivity index (χ3n) is 3.26. The minimum atomic E-state index is -0.620. The van der Waals surface area contributed by atoms with Gasteiger partial charge in [0.15, 0.2) is 6.54 Å². The number of nitrogens with one attached hydrogen (secondary N) is 1. The first-order chi connectivity index (χ1) is 10.5. The van der Waals surface area contributed by atoms with Crippen LogP contribution in [0.1, 0.15) is 18.5 Å². The fourth-order valence-corrected chi connectivity index (χ4v) is 2.23. The maximum atomic E-state index is 13.6. The zero-order chi connectivity index (χ0) is 16.1. The summed E-state index contributed by atoms with van der Waals surface area (Å²) in [4.78, 5) is 11.9. The van der Waals surface area contributed by atoms with Crippen LogP contribution in [-0.4, -0.2) is 12.5 Å². The van der Waals surface area contributed by atoms with E-state index in [-0.39, 0.29) is 18.5 Å². The summed E-state index contributed by atoms with van der Waals surface area (Å²) in [5.74, 6) is -1.48. The van der Waals surface area contributed by atoms with E-state index in [0.717, 1.165) is 6.07 Å². The number of halogens is 3. The molecule has 3 N–H and O–H groups in total. The average molecular weight is 326 g/mol. The highest BCUT2D eigenvalue weighted by Gasteiger charge is 2.16. The van der Waals surface area contributed by atoms with Crippen LogP contribution in [0.3, 0.4) is 0 Å². The largest absolute Gasteiger partial charge is 0.332 e. The van der Waals surface area contributed by atoms with Gasteiger partial charge in [-0.3, -0.25) is 4.79 Å². The van der Waals surface area contributed by atoms with Gasteiger partial charge in [-0.1, -0.05) is 23.7 Å². The van der Waals surface area contributed by atoms with E-state index in [1.54, 1.807) is 36.5 Å². The molecule has 0 fully saturated rings. The number of anilines is 1. The second-order valence-corrected chi connectivity index (χ2v) is 5.33. The predicted octanol–water partition coefficient (Wildman–Crippen LogP) is 2.88. The Bertz CT molecular complexity index is 679. The number of para-hydroxylation sites is 1. The predicted molar refractivity (Wildman–Crippen MR) is 81.6 cm³/mol. The number of hydrogen-bond donors (Lipinski definition) is 2. The van der Waals surface area contributed by atoms with Crippen molar-refractivity contribution < 1.29 is 18.9 Å². The Kier molecular flexibility index (Phi) is 5.46. The second-order valence-electron chi connectivity index (χ2n) is 4.92. The molecule has 0 aliphatic heterocycles. The van der Waals surface area contributed by atoms with Gasteiger partial charge in [0.25, 0.3) is 5.91 Å². The van der Waals surface area contributed by atoms with Gasteiger partial charge < -0.3 is 10.6 Å². The van der Waals surface area contributed by atoms with Gasteiger partial charge in [-0.15, -0.1) is 0 Å². The smallest absolute Gasteiger partial charge is 0.279 e. The molecule has 0 heterocycles. The molecule has 0 saturated carbocycles. The highest BCUT2D eigenvalue weighted by atomic mass is 35.5. The summed E-state index contributed by atoms with van der Waals surface area (Å²) >= 11 is 5.95. The molecule has 0 aromatic heterocycles. The van der Waals surface area contributed by atoms with E-state index in [1.807, 2.05) is 0 Å². The van der Waals surface area contributed by atoms with Crippen LogP contribution >= 0.6 is 11.6 Å². The number of quaternary nitrogens is 1. The average Bonchev–Trinajstić information content (AvgIpc) is 2.47. The lowest BCUT2D eigenvalue weighted by Crippen LogP contribution is -2.86. The summed E-state index contributed by atoms with van der Waals surface area (Å²) < 4.78 is 26.5. The Morgan fingerprint density at radius 3 is 2.68 bits per heavy atom. The Hall–Kier alpha value is -1.98. The molecular weight excluding hydrogens is 310 g/mol. The Morgan fingerprint density at radius 1 is 1.27 bits per heavy atom. The van der Waals surface area contributed by atoms with Gasteiger partial charge in [0, 0.05) is 11.6 Å². The number of carbonyl (C=O) groups is 1. The summed E-state index contributed by atoms with van der Waals surface area (Å²) in [6.45, 7) is 1.85. The quantitative estimate of drug-likeness (QED) is 0.872. The summed E-state index contributed by atoms with van der Waals surface area (Å²) in [7, 11) is 0. The second kappa shape index (κ2) is 7.33. The molecule has 0 unspecified atom stereocenters. The molecule has 0 saturated heterocycles. The normalized spacial score (nSPS) is 12.0. The van der Waals surface area contributed by atoms with E-state index in [0.29, 0.717) is 16.3 Å². The van der Waals surface area contributed by atoms with Gasteiger partial charge in [-0.05, 0) is 31.2 Å². The van der Waals surface area contributed by atoms with Crippen molar-refractivity contribution in [1.29, 1.82) is 0 Å². The van der Waals surface area contributed by atoms with Crippen molar-refractivity contribution in [3.63, 3.8) is 0 Å². The molecule has 116 valence electrons. The summed E-state index contributed by atoms with van der Waals surface area (Å²) in [5, 5.41) is 4.81. The number of rotatable bonds is 5. The highest BCUT2D eigenvalue weighted by Crippen LogP contribution is 2.20. The number of amides is 1. The van der Waals surface area contributed by atoms with E-state index in [9.17, 15) is 13.6 Å². The maximum Gasteiger partial charge on any atom is 0.279 e. The Labute approximate surface area is 132 Å². The summed E-state index contributed by atoms with van der Waals surface area (Å²) in [5.41, 5.74) is 0.884. The third kappa shape index (κ3) is 4.26. The number of hydrogen-bond acceptors (Lipinski definition) is 1. The first-order valence-corrected chi connectivity index (χ1v) is 7.18. The molecule has 0 aliphatic carbocycles. The van der Waals surface area contributed by atoms with Crippen molar-refractivity contribution in [1.82, 2.24) is 0 Å². The number of nitrogens with two attached hydrogens (primary N) is 1. The minimum Gasteiger partial charge on any atom is -0.332 e. The van der Waals surface area contributed by atoms with Crippen LogP contribution in [0.15, 0.2) is 42.5 Å². The van der Waals surface area contributed by atoms with E-state index in [4.69, 9.17) is 11.6 Å². The molecule has 1 atom stereocenters. The van der Waals surface area contributed by atoms with Crippen molar-refractivity contribution in [2.75, 3.05) is 11.9 Å². The molecule has 2 rings (SSSR count). The van der Waals surface area contributed by atoms with Gasteiger partial charge in [0.05, 0.1) is 10.7 Å². The standard InChI is InChI=1S/C16H15ClF2N2O/c1-10(12-7-6-11(18)8-14(12)19)20-9-16(22)21-15-5-3-2-4-13(15)17/h2-8,10,20H,9H2,1H3,(H,21,22)/p+1/t10-/m0/s1. The monoisotopic (exact) mass is 325 g/mol. The van der Waals surface area contributed by atoms with E-state index in [1.165, 1.54) is 12.1 Å². The number of carbonyl (C=O) groups excluding carboxylic acids is 1.